The van der Waals surface area contributed by atoms with Crippen molar-refractivity contribution in [3.63, 3.8) is 0 Å². The summed E-state index contributed by atoms with van der Waals surface area (Å²) in [6.07, 6.45) is 0.270. The molecule has 0 heterocycles. The number of rotatable bonds is 7. The van der Waals surface area contributed by atoms with Crippen LogP contribution in [0.3, 0.4) is 0 Å². The molecule has 0 aliphatic heterocycles. The van der Waals surface area contributed by atoms with Crippen LogP contribution < -0.4 is 0 Å². The Labute approximate surface area is 142 Å². The van der Waals surface area contributed by atoms with Gasteiger partial charge in [-0.05, 0) is 30.7 Å². The van der Waals surface area contributed by atoms with Crippen molar-refractivity contribution < 1.29 is 21.6 Å². The summed E-state index contributed by atoms with van der Waals surface area (Å²) in [5.41, 5.74) is 0. The molecule has 24 heavy (non-hydrogen) atoms. The van der Waals surface area contributed by atoms with Gasteiger partial charge in [-0.2, -0.15) is 0 Å². The van der Waals surface area contributed by atoms with Crippen molar-refractivity contribution in [1.82, 2.24) is 0 Å². The standard InChI is InChI=1S/C17H18O5S2/c1-14(13-18)12-17(23(19,20)15-8-4-2-5-9-15)24(21,22)16-10-6-3-7-11-16/h2-11,13-14,17H,12H2,1H3/t14-/m1/s1. The average Bonchev–Trinajstić information content (AvgIpc) is 2.60. The smallest absolute Gasteiger partial charge is 0.195 e. The van der Waals surface area contributed by atoms with Gasteiger partial charge < -0.3 is 4.79 Å². The molecule has 2 aromatic carbocycles. The molecule has 0 unspecified atom stereocenters. The summed E-state index contributed by atoms with van der Waals surface area (Å²) in [6.45, 7) is 1.50. The predicted octanol–water partition coefficient (Wildman–Crippen LogP) is 2.49. The quantitative estimate of drug-likeness (QED) is 0.703. The molecule has 1 atom stereocenters. The van der Waals surface area contributed by atoms with Crippen molar-refractivity contribution in [3.05, 3.63) is 60.7 Å². The van der Waals surface area contributed by atoms with E-state index in [1.165, 1.54) is 55.5 Å². The molecule has 0 aliphatic carbocycles. The number of sulfone groups is 2. The van der Waals surface area contributed by atoms with Crippen LogP contribution in [0.1, 0.15) is 13.3 Å². The lowest BCUT2D eigenvalue weighted by Crippen LogP contribution is -2.32. The SMILES string of the molecule is C[C@@H](C=O)CC(S(=O)(=O)c1ccccc1)S(=O)(=O)c1ccccc1. The van der Waals surface area contributed by atoms with Crippen LogP contribution in [0.2, 0.25) is 0 Å². The van der Waals surface area contributed by atoms with Gasteiger partial charge in [0.1, 0.15) is 6.29 Å². The zero-order valence-electron chi connectivity index (χ0n) is 13.1. The topological polar surface area (TPSA) is 85.3 Å². The van der Waals surface area contributed by atoms with Gasteiger partial charge in [-0.15, -0.1) is 0 Å². The minimum absolute atomic E-state index is 0.0763. The van der Waals surface area contributed by atoms with Crippen LogP contribution in [0, 0.1) is 5.92 Å². The van der Waals surface area contributed by atoms with E-state index in [-0.39, 0.29) is 16.2 Å². The summed E-state index contributed by atoms with van der Waals surface area (Å²) in [6, 6.07) is 14.8. The number of carbonyl (C=O) groups excluding carboxylic acids is 1. The largest absolute Gasteiger partial charge is 0.303 e. The van der Waals surface area contributed by atoms with Gasteiger partial charge in [0.05, 0.1) is 9.79 Å². The number of carbonyl (C=O) groups is 1. The molecule has 128 valence electrons. The maximum Gasteiger partial charge on any atom is 0.195 e. The van der Waals surface area contributed by atoms with E-state index in [2.05, 4.69) is 0 Å². The van der Waals surface area contributed by atoms with Gasteiger partial charge >= 0.3 is 0 Å². The van der Waals surface area contributed by atoms with Gasteiger partial charge in [0.2, 0.25) is 0 Å². The molecule has 0 aliphatic rings. The Balaban J connectivity index is 2.60. The van der Waals surface area contributed by atoms with Crippen LogP contribution in [0.25, 0.3) is 0 Å². The van der Waals surface area contributed by atoms with Crippen molar-refractivity contribution in [2.75, 3.05) is 0 Å². The van der Waals surface area contributed by atoms with Crippen LogP contribution in [0.4, 0.5) is 0 Å². The number of aldehydes is 1. The second kappa shape index (κ2) is 7.27. The summed E-state index contributed by atoms with van der Waals surface area (Å²) in [7, 11) is -8.32. The lowest BCUT2D eigenvalue weighted by atomic mass is 10.1. The van der Waals surface area contributed by atoms with Gasteiger partial charge in [-0.1, -0.05) is 43.3 Å². The second-order valence-electron chi connectivity index (χ2n) is 5.49. The number of benzene rings is 2. The fourth-order valence-electron chi connectivity index (χ4n) is 2.30. The predicted molar refractivity (Wildman–Crippen MR) is 90.9 cm³/mol. The molecule has 0 N–H and O–H groups in total. The summed E-state index contributed by atoms with van der Waals surface area (Å²) in [4.78, 5) is 10.8. The van der Waals surface area contributed by atoms with Crippen molar-refractivity contribution in [3.8, 4) is 0 Å². The summed E-state index contributed by atoms with van der Waals surface area (Å²) in [5, 5.41) is 0. The van der Waals surface area contributed by atoms with Gasteiger partial charge in [0.15, 0.2) is 24.3 Å². The van der Waals surface area contributed by atoms with E-state index in [0.717, 1.165) is 0 Å². The van der Waals surface area contributed by atoms with Crippen LogP contribution in [-0.2, 0) is 24.5 Å². The van der Waals surface area contributed by atoms with E-state index >= 15 is 0 Å². The molecule has 0 saturated heterocycles. The van der Waals surface area contributed by atoms with Crippen LogP contribution in [0.5, 0.6) is 0 Å². The molecule has 0 radical (unpaired) electrons. The highest BCUT2D eigenvalue weighted by Gasteiger charge is 2.40. The highest BCUT2D eigenvalue weighted by molar-refractivity contribution is 8.09. The van der Waals surface area contributed by atoms with E-state index in [9.17, 15) is 21.6 Å². The summed E-state index contributed by atoms with van der Waals surface area (Å²) < 4.78 is 49.9. The second-order valence-corrected chi connectivity index (χ2v) is 10.1. The van der Waals surface area contributed by atoms with E-state index in [0.29, 0.717) is 6.29 Å². The van der Waals surface area contributed by atoms with Gasteiger partial charge in [0.25, 0.3) is 0 Å². The Kier molecular flexibility index (Phi) is 5.56. The van der Waals surface area contributed by atoms with Gasteiger partial charge in [-0.25, -0.2) is 16.8 Å². The highest BCUT2D eigenvalue weighted by Crippen LogP contribution is 2.29. The summed E-state index contributed by atoms with van der Waals surface area (Å²) >= 11 is 0. The first-order chi connectivity index (χ1) is 11.3. The Hall–Kier alpha value is -1.99. The molecule has 2 aromatic rings. The molecule has 0 fully saturated rings. The summed E-state index contributed by atoms with van der Waals surface area (Å²) in [5.74, 6) is -0.702. The number of hydrogen-bond donors (Lipinski definition) is 0. The molecule has 0 aromatic heterocycles. The van der Waals surface area contributed by atoms with Gasteiger partial charge in [0, 0.05) is 5.92 Å². The van der Waals surface area contributed by atoms with Crippen molar-refractivity contribution in [1.29, 1.82) is 0 Å². The fourth-order valence-corrected chi connectivity index (χ4v) is 7.10. The molecular weight excluding hydrogens is 348 g/mol. The van der Waals surface area contributed by atoms with Crippen molar-refractivity contribution in [2.24, 2.45) is 5.92 Å². The average molecular weight is 366 g/mol. The van der Waals surface area contributed by atoms with Crippen LogP contribution in [0.15, 0.2) is 70.5 Å². The molecule has 0 amide bonds. The minimum atomic E-state index is -4.16. The first-order valence-electron chi connectivity index (χ1n) is 7.33. The van der Waals surface area contributed by atoms with Crippen LogP contribution >= 0.6 is 0 Å². The molecule has 2 rings (SSSR count). The Morgan fingerprint density at radius 2 is 1.17 bits per heavy atom. The van der Waals surface area contributed by atoms with Gasteiger partial charge in [-0.3, -0.25) is 0 Å². The first-order valence-corrected chi connectivity index (χ1v) is 10.4. The zero-order chi connectivity index (χ0) is 17.8. The molecule has 0 saturated carbocycles. The molecule has 7 heteroatoms. The van der Waals surface area contributed by atoms with E-state index in [1.54, 1.807) is 12.1 Å². The van der Waals surface area contributed by atoms with Crippen molar-refractivity contribution >= 4 is 26.0 Å². The third kappa shape index (κ3) is 3.73. The maximum absolute atomic E-state index is 12.9. The Morgan fingerprint density at radius 1 is 0.792 bits per heavy atom. The van der Waals surface area contributed by atoms with Crippen molar-refractivity contribution in [2.45, 2.75) is 27.7 Å². The zero-order valence-corrected chi connectivity index (χ0v) is 14.7. The van der Waals surface area contributed by atoms with E-state index in [1.807, 2.05) is 0 Å². The third-order valence-corrected chi connectivity index (χ3v) is 8.78. The van der Waals surface area contributed by atoms with E-state index in [4.69, 9.17) is 0 Å². The maximum atomic E-state index is 12.9. The molecule has 5 nitrogen and oxygen atoms in total. The lowest BCUT2D eigenvalue weighted by molar-refractivity contribution is -0.110. The highest BCUT2D eigenvalue weighted by atomic mass is 32.3. The Morgan fingerprint density at radius 3 is 1.50 bits per heavy atom. The minimum Gasteiger partial charge on any atom is -0.303 e. The molecular formula is C17H18O5S2. The lowest BCUT2D eigenvalue weighted by Gasteiger charge is -2.20. The van der Waals surface area contributed by atoms with Crippen LogP contribution in [-0.4, -0.2) is 27.7 Å². The normalized spacial score (nSPS) is 13.6. The van der Waals surface area contributed by atoms with E-state index < -0.39 is 30.2 Å². The fraction of sp³-hybridized carbons (Fsp3) is 0.235. The first kappa shape index (κ1) is 18.4. The molecule has 0 bridgehead atoms. The Bertz CT molecular complexity index is 819. The number of hydrogen-bond acceptors (Lipinski definition) is 5. The third-order valence-electron chi connectivity index (χ3n) is 3.63. The molecule has 0 spiro atoms. The monoisotopic (exact) mass is 366 g/mol.